The lowest BCUT2D eigenvalue weighted by molar-refractivity contribution is 0.210. The molecule has 2 aromatic heterocycles. The number of pyridine rings is 2. The molecule has 1 aromatic carbocycles. The van der Waals surface area contributed by atoms with Crippen molar-refractivity contribution in [3.05, 3.63) is 82.5 Å². The van der Waals surface area contributed by atoms with Crippen LogP contribution >= 0.6 is 0 Å². The van der Waals surface area contributed by atoms with Crippen LogP contribution in [0.5, 0.6) is 5.75 Å². The summed E-state index contributed by atoms with van der Waals surface area (Å²) in [7, 11) is 0. The fraction of sp³-hybridized carbons (Fsp3) is 0.200. The van der Waals surface area contributed by atoms with Crippen LogP contribution < -0.4 is 5.43 Å². The first-order valence-electron chi connectivity index (χ1n) is 8.33. The Labute approximate surface area is 145 Å². The molecule has 0 bridgehead atoms. The molecule has 0 radical (unpaired) electrons. The van der Waals surface area contributed by atoms with Crippen molar-refractivity contribution in [3.63, 3.8) is 0 Å². The molecule has 3 aromatic rings. The van der Waals surface area contributed by atoms with Crippen molar-refractivity contribution >= 4 is 0 Å². The average molecular weight is 333 g/mol. The van der Waals surface area contributed by atoms with Gasteiger partial charge in [0, 0.05) is 50.3 Å². The predicted octanol–water partition coefficient (Wildman–Crippen LogP) is 2.63. The molecule has 0 aliphatic carbocycles. The van der Waals surface area contributed by atoms with Crippen molar-refractivity contribution < 1.29 is 5.11 Å². The zero-order valence-electron chi connectivity index (χ0n) is 13.8. The van der Waals surface area contributed by atoms with E-state index in [1.807, 2.05) is 16.8 Å². The Hall–Kier alpha value is -2.92. The maximum Gasteiger partial charge on any atom is 0.223 e. The lowest BCUT2D eigenvalue weighted by atomic mass is 10.1. The molecule has 0 saturated heterocycles. The van der Waals surface area contributed by atoms with Crippen LogP contribution in [0.15, 0.2) is 65.8 Å². The van der Waals surface area contributed by atoms with E-state index in [2.05, 4.69) is 40.2 Å². The second-order valence-corrected chi connectivity index (χ2v) is 6.36. The molecule has 3 heterocycles. The molecule has 5 nitrogen and oxygen atoms in total. The molecule has 126 valence electrons. The van der Waals surface area contributed by atoms with E-state index < -0.39 is 0 Å². The molecular formula is C20H19N3O2. The highest BCUT2D eigenvalue weighted by Gasteiger charge is 2.17. The van der Waals surface area contributed by atoms with Crippen molar-refractivity contribution in [3.8, 4) is 16.9 Å². The molecule has 0 fully saturated rings. The van der Waals surface area contributed by atoms with Crippen LogP contribution in [0.25, 0.3) is 11.1 Å². The van der Waals surface area contributed by atoms with Gasteiger partial charge in [-0.15, -0.1) is 0 Å². The zero-order valence-corrected chi connectivity index (χ0v) is 13.8. The first-order valence-corrected chi connectivity index (χ1v) is 8.33. The Morgan fingerprint density at radius 2 is 1.92 bits per heavy atom. The SMILES string of the molecule is O=c1cc2n(cc1O)CCN(Cc1ccc(-c3cccnc3)cc1)C2. The van der Waals surface area contributed by atoms with Crippen LogP contribution in [0.3, 0.4) is 0 Å². The van der Waals surface area contributed by atoms with Gasteiger partial charge in [-0.1, -0.05) is 30.3 Å². The summed E-state index contributed by atoms with van der Waals surface area (Å²) in [5, 5.41) is 9.54. The van der Waals surface area contributed by atoms with E-state index in [0.29, 0.717) is 6.54 Å². The summed E-state index contributed by atoms with van der Waals surface area (Å²) in [5.74, 6) is -0.178. The second-order valence-electron chi connectivity index (χ2n) is 6.36. The van der Waals surface area contributed by atoms with Crippen LogP contribution in [0.1, 0.15) is 11.3 Å². The molecule has 4 rings (SSSR count). The van der Waals surface area contributed by atoms with Crippen LogP contribution in [0, 0.1) is 0 Å². The minimum atomic E-state index is -0.311. The molecule has 1 aliphatic rings. The highest BCUT2D eigenvalue weighted by atomic mass is 16.3. The summed E-state index contributed by atoms with van der Waals surface area (Å²) in [6.45, 7) is 3.21. The van der Waals surface area contributed by atoms with Crippen molar-refractivity contribution in [2.75, 3.05) is 6.54 Å². The van der Waals surface area contributed by atoms with Gasteiger partial charge < -0.3 is 9.67 Å². The number of aromatic hydroxyl groups is 1. The van der Waals surface area contributed by atoms with Gasteiger partial charge in [-0.25, -0.2) is 0 Å². The minimum Gasteiger partial charge on any atom is -0.503 e. The number of rotatable bonds is 3. The van der Waals surface area contributed by atoms with E-state index in [4.69, 9.17) is 0 Å². The molecule has 5 heteroatoms. The monoisotopic (exact) mass is 333 g/mol. The summed E-state index contributed by atoms with van der Waals surface area (Å²) in [4.78, 5) is 18.1. The maximum absolute atomic E-state index is 11.6. The van der Waals surface area contributed by atoms with E-state index in [-0.39, 0.29) is 11.2 Å². The van der Waals surface area contributed by atoms with Gasteiger partial charge in [-0.3, -0.25) is 14.7 Å². The average Bonchev–Trinajstić information content (AvgIpc) is 2.64. The van der Waals surface area contributed by atoms with E-state index in [9.17, 15) is 9.90 Å². The van der Waals surface area contributed by atoms with Gasteiger partial charge in [0.25, 0.3) is 0 Å². The summed E-state index contributed by atoms with van der Waals surface area (Å²) in [6, 6.07) is 14.0. The van der Waals surface area contributed by atoms with Gasteiger partial charge in [0.2, 0.25) is 5.43 Å². The van der Waals surface area contributed by atoms with Gasteiger partial charge >= 0.3 is 0 Å². The first kappa shape index (κ1) is 15.6. The second kappa shape index (κ2) is 6.53. The largest absolute Gasteiger partial charge is 0.503 e. The molecule has 0 atom stereocenters. The van der Waals surface area contributed by atoms with Gasteiger partial charge in [-0.05, 0) is 22.8 Å². The van der Waals surface area contributed by atoms with Crippen molar-refractivity contribution in [2.24, 2.45) is 0 Å². The molecule has 1 N–H and O–H groups in total. The van der Waals surface area contributed by atoms with Crippen LogP contribution in [0.2, 0.25) is 0 Å². The standard InChI is InChI=1S/C20H19N3O2/c24-19-10-18-13-22(8-9-23(18)14-20(19)25)12-15-3-5-16(6-4-15)17-2-1-7-21-11-17/h1-7,10-11,14,25H,8-9,12-13H2. The molecular weight excluding hydrogens is 314 g/mol. The maximum atomic E-state index is 11.6. The molecule has 1 aliphatic heterocycles. The topological polar surface area (TPSA) is 58.4 Å². The van der Waals surface area contributed by atoms with E-state index in [1.54, 1.807) is 6.20 Å². The lowest BCUT2D eigenvalue weighted by Crippen LogP contribution is -2.34. The third-order valence-corrected chi connectivity index (χ3v) is 4.59. The normalized spacial score (nSPS) is 14.2. The summed E-state index contributed by atoms with van der Waals surface area (Å²) in [6.07, 6.45) is 5.18. The Balaban J connectivity index is 1.48. The van der Waals surface area contributed by atoms with E-state index in [1.165, 1.54) is 17.8 Å². The van der Waals surface area contributed by atoms with Crippen molar-refractivity contribution in [2.45, 2.75) is 19.6 Å². The number of hydrogen-bond acceptors (Lipinski definition) is 4. The fourth-order valence-electron chi connectivity index (χ4n) is 3.23. The van der Waals surface area contributed by atoms with Crippen molar-refractivity contribution in [1.82, 2.24) is 14.5 Å². The molecule has 0 spiro atoms. The van der Waals surface area contributed by atoms with Gasteiger partial charge in [0.1, 0.15) is 0 Å². The lowest BCUT2D eigenvalue weighted by Gasteiger charge is -2.30. The quantitative estimate of drug-likeness (QED) is 0.800. The Morgan fingerprint density at radius 1 is 1.08 bits per heavy atom. The molecule has 25 heavy (non-hydrogen) atoms. The first-order chi connectivity index (χ1) is 12.2. The summed E-state index contributed by atoms with van der Waals surface area (Å²) < 4.78 is 1.96. The smallest absolute Gasteiger partial charge is 0.223 e. The van der Waals surface area contributed by atoms with Gasteiger partial charge in [0.15, 0.2) is 5.75 Å². The van der Waals surface area contributed by atoms with Crippen LogP contribution in [-0.2, 0) is 19.6 Å². The predicted molar refractivity (Wildman–Crippen MR) is 96.2 cm³/mol. The zero-order chi connectivity index (χ0) is 17.2. The van der Waals surface area contributed by atoms with Gasteiger partial charge in [0.05, 0.1) is 6.20 Å². The highest BCUT2D eigenvalue weighted by Crippen LogP contribution is 2.20. The third kappa shape index (κ3) is 3.32. The van der Waals surface area contributed by atoms with E-state index >= 15 is 0 Å². The van der Waals surface area contributed by atoms with Gasteiger partial charge in [-0.2, -0.15) is 0 Å². The summed E-state index contributed by atoms with van der Waals surface area (Å²) in [5.41, 5.74) is 4.14. The number of aromatic nitrogens is 2. The Morgan fingerprint density at radius 3 is 2.68 bits per heavy atom. The Bertz CT molecular complexity index is 933. The molecule has 0 amide bonds. The highest BCUT2D eigenvalue weighted by molar-refractivity contribution is 5.62. The molecule has 0 unspecified atom stereocenters. The number of nitrogens with zero attached hydrogens (tertiary/aromatic N) is 3. The van der Waals surface area contributed by atoms with E-state index in [0.717, 1.165) is 36.5 Å². The number of fused-ring (bicyclic) bond motifs is 1. The number of hydrogen-bond donors (Lipinski definition) is 1. The fourth-order valence-corrected chi connectivity index (χ4v) is 3.23. The van der Waals surface area contributed by atoms with Crippen LogP contribution in [-0.4, -0.2) is 26.1 Å². The number of benzene rings is 1. The summed E-state index contributed by atoms with van der Waals surface area (Å²) >= 11 is 0. The van der Waals surface area contributed by atoms with Crippen LogP contribution in [0.4, 0.5) is 0 Å². The Kier molecular flexibility index (Phi) is 4.07. The minimum absolute atomic E-state index is 0.178. The third-order valence-electron chi connectivity index (χ3n) is 4.59. The molecule has 0 saturated carbocycles. The van der Waals surface area contributed by atoms with Crippen molar-refractivity contribution in [1.29, 1.82) is 0 Å².